The normalized spacial score (nSPS) is 23.1. The molecule has 1 amide bonds. The molecule has 0 unspecified atom stereocenters. The van der Waals surface area contributed by atoms with Crippen LogP contribution < -0.4 is 5.32 Å². The van der Waals surface area contributed by atoms with Crippen LogP contribution in [0.2, 0.25) is 0 Å². The van der Waals surface area contributed by atoms with Crippen molar-refractivity contribution in [1.82, 2.24) is 24.9 Å². The second kappa shape index (κ2) is 7.85. The maximum absolute atomic E-state index is 12.5. The molecule has 2 fully saturated rings. The Labute approximate surface area is 150 Å². The molecule has 1 aromatic heterocycles. The standard InChI is InChI=1S/C18H31N5O2/c1-18(2,23-7-9-25-10-8-23)14-19-17(24)13-22-6-4-5-16(22)15-11-20-21(3)12-15/h11-12,16H,4-10,13-14H2,1-3H3,(H,19,24)/t16-/m1/s1. The molecule has 0 aromatic carbocycles. The molecule has 0 saturated carbocycles. The van der Waals surface area contributed by atoms with Crippen LogP contribution in [0.5, 0.6) is 0 Å². The molecule has 3 heterocycles. The largest absolute Gasteiger partial charge is 0.379 e. The van der Waals surface area contributed by atoms with Gasteiger partial charge in [-0.3, -0.25) is 19.3 Å². The van der Waals surface area contributed by atoms with Gasteiger partial charge in [0.25, 0.3) is 0 Å². The lowest BCUT2D eigenvalue weighted by atomic mass is 10.0. The first-order valence-corrected chi connectivity index (χ1v) is 9.28. The van der Waals surface area contributed by atoms with Crippen molar-refractivity contribution in [3.8, 4) is 0 Å². The molecule has 0 radical (unpaired) electrons. The molecule has 140 valence electrons. The highest BCUT2D eigenvalue weighted by Gasteiger charge is 2.31. The fourth-order valence-corrected chi connectivity index (χ4v) is 3.84. The number of rotatable bonds is 6. The Bertz CT molecular complexity index is 580. The lowest BCUT2D eigenvalue weighted by Gasteiger charge is -2.41. The molecule has 1 N–H and O–H groups in total. The molecule has 2 aliphatic heterocycles. The van der Waals surface area contributed by atoms with E-state index in [1.165, 1.54) is 5.56 Å². The van der Waals surface area contributed by atoms with E-state index in [1.807, 2.05) is 17.9 Å². The lowest BCUT2D eigenvalue weighted by Crippen LogP contribution is -2.56. The van der Waals surface area contributed by atoms with Gasteiger partial charge >= 0.3 is 0 Å². The fraction of sp³-hybridized carbons (Fsp3) is 0.778. The molecule has 7 heteroatoms. The van der Waals surface area contributed by atoms with Crippen molar-refractivity contribution >= 4 is 5.91 Å². The van der Waals surface area contributed by atoms with Gasteiger partial charge in [0.15, 0.2) is 0 Å². The van der Waals surface area contributed by atoms with Crippen molar-refractivity contribution in [1.29, 1.82) is 0 Å². The van der Waals surface area contributed by atoms with Gasteiger partial charge in [-0.2, -0.15) is 5.10 Å². The van der Waals surface area contributed by atoms with Crippen LogP contribution in [0.4, 0.5) is 0 Å². The first-order valence-electron chi connectivity index (χ1n) is 9.28. The molecule has 2 aliphatic rings. The van der Waals surface area contributed by atoms with Crippen molar-refractivity contribution in [2.75, 3.05) is 45.9 Å². The minimum atomic E-state index is -0.0484. The minimum absolute atomic E-state index is 0.0484. The Morgan fingerprint density at radius 3 is 2.80 bits per heavy atom. The van der Waals surface area contributed by atoms with Gasteiger partial charge in [0.1, 0.15) is 0 Å². The summed E-state index contributed by atoms with van der Waals surface area (Å²) in [7, 11) is 1.93. The van der Waals surface area contributed by atoms with E-state index in [0.29, 0.717) is 19.1 Å². The summed E-state index contributed by atoms with van der Waals surface area (Å²) in [6.07, 6.45) is 6.20. The average molecular weight is 349 g/mol. The second-order valence-electron chi connectivity index (χ2n) is 7.76. The predicted molar refractivity (Wildman–Crippen MR) is 96.2 cm³/mol. The maximum atomic E-state index is 12.5. The van der Waals surface area contributed by atoms with Crippen LogP contribution in [0.15, 0.2) is 12.4 Å². The fourth-order valence-electron chi connectivity index (χ4n) is 3.84. The monoisotopic (exact) mass is 349 g/mol. The third-order valence-electron chi connectivity index (χ3n) is 5.41. The second-order valence-corrected chi connectivity index (χ2v) is 7.76. The van der Waals surface area contributed by atoms with Crippen LogP contribution in [0.3, 0.4) is 0 Å². The molecule has 0 bridgehead atoms. The van der Waals surface area contributed by atoms with E-state index < -0.39 is 0 Å². The summed E-state index contributed by atoms with van der Waals surface area (Å²) in [5, 5.41) is 7.41. The van der Waals surface area contributed by atoms with Gasteiger partial charge in [-0.1, -0.05) is 0 Å². The number of morpholine rings is 1. The Balaban J connectivity index is 1.50. The van der Waals surface area contributed by atoms with Crippen LogP contribution >= 0.6 is 0 Å². The van der Waals surface area contributed by atoms with Gasteiger partial charge in [-0.25, -0.2) is 0 Å². The summed E-state index contributed by atoms with van der Waals surface area (Å²) in [4.78, 5) is 17.2. The lowest BCUT2D eigenvalue weighted by molar-refractivity contribution is -0.123. The highest BCUT2D eigenvalue weighted by molar-refractivity contribution is 5.78. The molecule has 0 spiro atoms. The van der Waals surface area contributed by atoms with Gasteiger partial charge < -0.3 is 10.1 Å². The number of amides is 1. The van der Waals surface area contributed by atoms with Crippen LogP contribution in [0.25, 0.3) is 0 Å². The van der Waals surface area contributed by atoms with Crippen LogP contribution in [0, 0.1) is 0 Å². The average Bonchev–Trinajstić information content (AvgIpc) is 3.22. The summed E-state index contributed by atoms with van der Waals surface area (Å²) >= 11 is 0. The van der Waals surface area contributed by atoms with E-state index in [1.54, 1.807) is 0 Å². The number of hydrogen-bond acceptors (Lipinski definition) is 5. The number of aryl methyl sites for hydroxylation is 1. The number of ether oxygens (including phenoxy) is 1. The van der Waals surface area contributed by atoms with Gasteiger partial charge in [-0.05, 0) is 33.2 Å². The minimum Gasteiger partial charge on any atom is -0.379 e. The number of nitrogens with one attached hydrogen (secondary N) is 1. The van der Waals surface area contributed by atoms with Crippen LogP contribution in [0.1, 0.15) is 38.3 Å². The third-order valence-corrected chi connectivity index (χ3v) is 5.41. The summed E-state index contributed by atoms with van der Waals surface area (Å²) in [6, 6.07) is 0.312. The zero-order chi connectivity index (χ0) is 17.9. The topological polar surface area (TPSA) is 62.6 Å². The number of likely N-dealkylation sites (tertiary alicyclic amines) is 1. The highest BCUT2D eigenvalue weighted by atomic mass is 16.5. The molecule has 0 aliphatic carbocycles. The van der Waals surface area contributed by atoms with E-state index >= 15 is 0 Å². The number of hydrogen-bond donors (Lipinski definition) is 1. The van der Waals surface area contributed by atoms with E-state index in [2.05, 4.69) is 40.3 Å². The molecule has 3 rings (SSSR count). The van der Waals surface area contributed by atoms with Gasteiger partial charge in [0.2, 0.25) is 5.91 Å². The van der Waals surface area contributed by atoms with Crippen LogP contribution in [-0.2, 0) is 16.6 Å². The zero-order valence-corrected chi connectivity index (χ0v) is 15.7. The van der Waals surface area contributed by atoms with Crippen molar-refractivity contribution in [2.24, 2.45) is 7.05 Å². The van der Waals surface area contributed by atoms with E-state index in [9.17, 15) is 4.79 Å². The number of aromatic nitrogens is 2. The van der Waals surface area contributed by atoms with E-state index in [-0.39, 0.29) is 11.4 Å². The number of carbonyl (C=O) groups is 1. The number of nitrogens with zero attached hydrogens (tertiary/aromatic N) is 4. The molecule has 25 heavy (non-hydrogen) atoms. The van der Waals surface area contributed by atoms with Crippen LogP contribution in [-0.4, -0.2) is 77.0 Å². The number of carbonyl (C=O) groups excluding carboxylic acids is 1. The highest BCUT2D eigenvalue weighted by Crippen LogP contribution is 2.31. The summed E-state index contributed by atoms with van der Waals surface area (Å²) in [5.41, 5.74) is 1.16. The van der Waals surface area contributed by atoms with Crippen molar-refractivity contribution in [3.05, 3.63) is 18.0 Å². The van der Waals surface area contributed by atoms with Gasteiger partial charge in [-0.15, -0.1) is 0 Å². The van der Waals surface area contributed by atoms with Crippen molar-refractivity contribution in [2.45, 2.75) is 38.3 Å². The Kier molecular flexibility index (Phi) is 5.76. The first-order chi connectivity index (χ1) is 12.0. The first kappa shape index (κ1) is 18.4. The Morgan fingerprint density at radius 1 is 1.36 bits per heavy atom. The molecule has 7 nitrogen and oxygen atoms in total. The quantitative estimate of drug-likeness (QED) is 0.822. The third kappa shape index (κ3) is 4.59. The van der Waals surface area contributed by atoms with Crippen molar-refractivity contribution < 1.29 is 9.53 Å². The van der Waals surface area contributed by atoms with E-state index in [4.69, 9.17) is 4.74 Å². The summed E-state index contributed by atoms with van der Waals surface area (Å²) in [5.74, 6) is 0.108. The Morgan fingerprint density at radius 2 is 2.12 bits per heavy atom. The zero-order valence-electron chi connectivity index (χ0n) is 15.7. The van der Waals surface area contributed by atoms with Gasteiger partial charge in [0.05, 0.1) is 26.0 Å². The summed E-state index contributed by atoms with van der Waals surface area (Å²) < 4.78 is 7.25. The van der Waals surface area contributed by atoms with Crippen molar-refractivity contribution in [3.63, 3.8) is 0 Å². The molecule has 1 atom stereocenters. The molecule has 1 aromatic rings. The summed E-state index contributed by atoms with van der Waals surface area (Å²) in [6.45, 7) is 9.88. The molecular weight excluding hydrogens is 318 g/mol. The molecule has 2 saturated heterocycles. The SMILES string of the molecule is Cn1cc([C@H]2CCCN2CC(=O)NCC(C)(C)N2CCOCC2)cn1. The smallest absolute Gasteiger partial charge is 0.234 e. The maximum Gasteiger partial charge on any atom is 0.234 e. The van der Waals surface area contributed by atoms with E-state index in [0.717, 1.165) is 45.7 Å². The Hall–Kier alpha value is -1.44. The predicted octanol–water partition coefficient (Wildman–Crippen LogP) is 0.784. The van der Waals surface area contributed by atoms with Gasteiger partial charge in [0, 0.05) is 50.0 Å². The molecular formula is C18H31N5O2.